The molecule has 1 aliphatic rings. The second-order valence-electron chi connectivity index (χ2n) is 3.44. The molecule has 0 amide bonds. The van der Waals surface area contributed by atoms with Crippen LogP contribution in [0.2, 0.25) is 0 Å². The molecular formula is C12H8ClFO2S. The molecule has 0 saturated heterocycles. The van der Waals surface area contributed by atoms with Crippen molar-refractivity contribution in [1.82, 2.24) is 0 Å². The highest BCUT2D eigenvalue weighted by molar-refractivity contribution is 7.99. The maximum Gasteiger partial charge on any atom is 0.328 e. The van der Waals surface area contributed by atoms with Crippen molar-refractivity contribution in [2.24, 2.45) is 0 Å². The number of hydrogen-bond acceptors (Lipinski definition) is 2. The van der Waals surface area contributed by atoms with Gasteiger partial charge in [-0.1, -0.05) is 11.6 Å². The monoisotopic (exact) mass is 270 g/mol. The van der Waals surface area contributed by atoms with Gasteiger partial charge >= 0.3 is 5.97 Å². The van der Waals surface area contributed by atoms with Crippen molar-refractivity contribution in [2.45, 2.75) is 4.90 Å². The van der Waals surface area contributed by atoms with E-state index in [1.807, 2.05) is 0 Å². The van der Waals surface area contributed by atoms with E-state index in [-0.39, 0.29) is 5.82 Å². The normalized spacial score (nSPS) is 15.2. The van der Waals surface area contributed by atoms with Crippen LogP contribution in [0.25, 0.3) is 5.03 Å². The summed E-state index contributed by atoms with van der Waals surface area (Å²) in [6.45, 7) is 0. The molecule has 17 heavy (non-hydrogen) atoms. The second-order valence-corrected chi connectivity index (χ2v) is 4.84. The van der Waals surface area contributed by atoms with Crippen molar-refractivity contribution in [3.8, 4) is 0 Å². The fourth-order valence-electron chi connectivity index (χ4n) is 1.48. The van der Waals surface area contributed by atoms with E-state index in [4.69, 9.17) is 16.7 Å². The van der Waals surface area contributed by atoms with Gasteiger partial charge in [-0.15, -0.1) is 11.8 Å². The van der Waals surface area contributed by atoms with Crippen molar-refractivity contribution >= 4 is 34.4 Å². The SMILES string of the molecule is O=C(O)/C=C/C1=C(Cl)c2cc(F)ccc2SC1. The number of carbonyl (C=O) groups is 1. The van der Waals surface area contributed by atoms with Crippen molar-refractivity contribution in [2.75, 3.05) is 5.75 Å². The molecule has 1 heterocycles. The van der Waals surface area contributed by atoms with Crippen LogP contribution in [-0.2, 0) is 4.79 Å². The lowest BCUT2D eigenvalue weighted by molar-refractivity contribution is -0.131. The lowest BCUT2D eigenvalue weighted by Crippen LogP contribution is -1.99. The van der Waals surface area contributed by atoms with E-state index in [1.165, 1.54) is 30.0 Å². The number of aliphatic carboxylic acids is 1. The average molecular weight is 271 g/mol. The van der Waals surface area contributed by atoms with Gasteiger partial charge in [0.2, 0.25) is 0 Å². The fraction of sp³-hybridized carbons (Fsp3) is 0.0833. The smallest absolute Gasteiger partial charge is 0.328 e. The van der Waals surface area contributed by atoms with Gasteiger partial charge in [0, 0.05) is 22.3 Å². The van der Waals surface area contributed by atoms with Gasteiger partial charge in [-0.05, 0) is 29.8 Å². The van der Waals surface area contributed by atoms with Gasteiger partial charge in [0.25, 0.3) is 0 Å². The van der Waals surface area contributed by atoms with E-state index in [0.29, 0.717) is 21.9 Å². The number of carboxylic acid groups (broad SMARTS) is 1. The fourth-order valence-corrected chi connectivity index (χ4v) is 2.94. The van der Waals surface area contributed by atoms with E-state index in [1.54, 1.807) is 6.07 Å². The highest BCUT2D eigenvalue weighted by Crippen LogP contribution is 2.39. The van der Waals surface area contributed by atoms with Gasteiger partial charge in [0.15, 0.2) is 0 Å². The lowest BCUT2D eigenvalue weighted by Gasteiger charge is -2.17. The first-order valence-corrected chi connectivity index (χ1v) is 6.16. The third kappa shape index (κ3) is 2.70. The summed E-state index contributed by atoms with van der Waals surface area (Å²) in [5, 5.41) is 8.96. The maximum atomic E-state index is 13.1. The van der Waals surface area contributed by atoms with Crippen LogP contribution >= 0.6 is 23.4 Å². The van der Waals surface area contributed by atoms with Crippen LogP contribution in [0.5, 0.6) is 0 Å². The topological polar surface area (TPSA) is 37.3 Å². The predicted molar refractivity (Wildman–Crippen MR) is 66.7 cm³/mol. The molecule has 0 saturated carbocycles. The summed E-state index contributed by atoms with van der Waals surface area (Å²) in [5.41, 5.74) is 1.31. The zero-order valence-corrected chi connectivity index (χ0v) is 10.2. The second kappa shape index (κ2) is 4.94. The Kier molecular flexibility index (Phi) is 3.54. The molecule has 1 aromatic rings. The lowest BCUT2D eigenvalue weighted by atomic mass is 10.1. The summed E-state index contributed by atoms with van der Waals surface area (Å²) >= 11 is 7.63. The summed E-state index contributed by atoms with van der Waals surface area (Å²) in [5.74, 6) is -0.802. The Morgan fingerprint density at radius 3 is 3.00 bits per heavy atom. The van der Waals surface area contributed by atoms with Gasteiger partial charge in [0.05, 0.1) is 5.03 Å². The largest absolute Gasteiger partial charge is 0.478 e. The van der Waals surface area contributed by atoms with E-state index in [2.05, 4.69) is 0 Å². The number of thioether (sulfide) groups is 1. The summed E-state index contributed by atoms with van der Waals surface area (Å²) in [4.78, 5) is 11.3. The summed E-state index contributed by atoms with van der Waals surface area (Å²) < 4.78 is 13.1. The molecule has 0 radical (unpaired) electrons. The number of halogens is 2. The Morgan fingerprint density at radius 2 is 2.29 bits per heavy atom. The summed E-state index contributed by atoms with van der Waals surface area (Å²) in [6, 6.07) is 4.42. The Hall–Kier alpha value is -1.26. The third-order valence-corrected chi connectivity index (χ3v) is 3.84. The van der Waals surface area contributed by atoms with E-state index < -0.39 is 5.97 Å². The van der Waals surface area contributed by atoms with Crippen LogP contribution in [0.15, 0.2) is 40.8 Å². The molecule has 0 spiro atoms. The van der Waals surface area contributed by atoms with E-state index in [9.17, 15) is 9.18 Å². The highest BCUT2D eigenvalue weighted by atomic mass is 35.5. The number of carboxylic acids is 1. The van der Waals surface area contributed by atoms with Crippen molar-refractivity contribution in [3.63, 3.8) is 0 Å². The number of hydrogen-bond donors (Lipinski definition) is 1. The van der Waals surface area contributed by atoms with Gasteiger partial charge < -0.3 is 5.11 Å². The number of fused-ring (bicyclic) bond motifs is 1. The maximum absolute atomic E-state index is 13.1. The number of rotatable bonds is 2. The van der Waals surface area contributed by atoms with Crippen LogP contribution in [-0.4, -0.2) is 16.8 Å². The van der Waals surface area contributed by atoms with Crippen molar-refractivity contribution in [1.29, 1.82) is 0 Å². The third-order valence-electron chi connectivity index (χ3n) is 2.27. The molecule has 0 fully saturated rings. The van der Waals surface area contributed by atoms with Crippen LogP contribution in [0.4, 0.5) is 4.39 Å². The molecule has 0 unspecified atom stereocenters. The molecular weight excluding hydrogens is 263 g/mol. The Bertz CT molecular complexity index is 537. The molecule has 1 aliphatic heterocycles. The first-order chi connectivity index (χ1) is 8.08. The molecule has 0 atom stereocenters. The van der Waals surface area contributed by atoms with Crippen LogP contribution in [0.1, 0.15) is 5.56 Å². The minimum Gasteiger partial charge on any atom is -0.478 e. The quantitative estimate of drug-likeness (QED) is 0.836. The first kappa shape index (κ1) is 12.2. The molecule has 88 valence electrons. The van der Waals surface area contributed by atoms with Crippen molar-refractivity contribution < 1.29 is 14.3 Å². The molecule has 2 rings (SSSR count). The Labute approximate surface area is 107 Å². The van der Waals surface area contributed by atoms with E-state index in [0.717, 1.165) is 11.0 Å². The number of allylic oxidation sites excluding steroid dienone is 1. The predicted octanol–water partition coefficient (Wildman–Crippen LogP) is 3.52. The van der Waals surface area contributed by atoms with Crippen LogP contribution in [0.3, 0.4) is 0 Å². The molecule has 1 N–H and O–H groups in total. The molecule has 0 aromatic heterocycles. The van der Waals surface area contributed by atoms with Gasteiger partial charge in [0.1, 0.15) is 5.82 Å². The molecule has 0 aliphatic carbocycles. The Balaban J connectivity index is 2.43. The molecule has 5 heteroatoms. The van der Waals surface area contributed by atoms with Gasteiger partial charge in [-0.3, -0.25) is 0 Å². The molecule has 0 bridgehead atoms. The van der Waals surface area contributed by atoms with Crippen molar-refractivity contribution in [3.05, 3.63) is 47.3 Å². The van der Waals surface area contributed by atoms with E-state index >= 15 is 0 Å². The standard InChI is InChI=1S/C12H8ClFO2S/c13-12-7(1-4-11(15)16)6-17-10-3-2-8(14)5-9(10)12/h1-5H,6H2,(H,15,16)/b4-1+. The van der Waals surface area contributed by atoms with Gasteiger partial charge in [-0.2, -0.15) is 0 Å². The minimum absolute atomic E-state index is 0.356. The van der Waals surface area contributed by atoms with Gasteiger partial charge in [-0.25, -0.2) is 9.18 Å². The first-order valence-electron chi connectivity index (χ1n) is 4.80. The van der Waals surface area contributed by atoms with Crippen LogP contribution in [0, 0.1) is 5.82 Å². The van der Waals surface area contributed by atoms with Crippen LogP contribution < -0.4 is 0 Å². The summed E-state index contributed by atoms with van der Waals surface area (Å²) in [6.07, 6.45) is 2.48. The highest BCUT2D eigenvalue weighted by Gasteiger charge is 2.17. The average Bonchev–Trinajstić information content (AvgIpc) is 2.29. The summed E-state index contributed by atoms with van der Waals surface area (Å²) in [7, 11) is 0. The minimum atomic E-state index is -1.03. The molecule has 1 aromatic carbocycles. The Morgan fingerprint density at radius 1 is 1.53 bits per heavy atom. The molecule has 2 nitrogen and oxygen atoms in total. The zero-order valence-electron chi connectivity index (χ0n) is 8.61. The number of benzene rings is 1. The zero-order chi connectivity index (χ0) is 12.4.